The van der Waals surface area contributed by atoms with Gasteiger partial charge in [0.05, 0.1) is 5.75 Å². The molecule has 0 spiro atoms. The highest BCUT2D eigenvalue weighted by Gasteiger charge is 2.28. The molecule has 1 aromatic carbocycles. The molecule has 20 heavy (non-hydrogen) atoms. The summed E-state index contributed by atoms with van der Waals surface area (Å²) >= 11 is 7.75. The number of hydrogen-bond acceptors (Lipinski definition) is 3. The summed E-state index contributed by atoms with van der Waals surface area (Å²) in [6.45, 7) is 3.91. The van der Waals surface area contributed by atoms with Crippen LogP contribution in [0.1, 0.15) is 24.8 Å². The second kappa shape index (κ2) is 7.48. The predicted molar refractivity (Wildman–Crippen MR) is 87.8 cm³/mol. The van der Waals surface area contributed by atoms with Gasteiger partial charge in [-0.25, -0.2) is 0 Å². The van der Waals surface area contributed by atoms with Gasteiger partial charge in [-0.2, -0.15) is 11.8 Å². The van der Waals surface area contributed by atoms with Crippen molar-refractivity contribution in [3.05, 3.63) is 34.9 Å². The summed E-state index contributed by atoms with van der Waals surface area (Å²) in [4.78, 5) is 13.5. The van der Waals surface area contributed by atoms with Crippen molar-refractivity contribution in [2.24, 2.45) is 5.92 Å². The molecule has 2 rings (SSSR count). The van der Waals surface area contributed by atoms with E-state index in [0.29, 0.717) is 17.6 Å². The second-order valence-electron chi connectivity index (χ2n) is 5.69. The van der Waals surface area contributed by atoms with Crippen LogP contribution in [0.25, 0.3) is 0 Å². The molecule has 2 nitrogen and oxygen atoms in total. The van der Waals surface area contributed by atoms with Crippen molar-refractivity contribution in [1.82, 2.24) is 4.90 Å². The summed E-state index contributed by atoms with van der Waals surface area (Å²) in [5.41, 5.74) is 1.39. The van der Waals surface area contributed by atoms with E-state index < -0.39 is 0 Å². The minimum Gasteiger partial charge on any atom is -0.306 e. The van der Waals surface area contributed by atoms with E-state index in [1.807, 2.05) is 12.1 Å². The lowest BCUT2D eigenvalue weighted by atomic mass is 9.81. The van der Waals surface area contributed by atoms with Gasteiger partial charge in [0.15, 0.2) is 0 Å². The quantitative estimate of drug-likeness (QED) is 0.827. The Kier molecular flexibility index (Phi) is 5.94. The maximum absolute atomic E-state index is 11.1. The topological polar surface area (TPSA) is 20.3 Å². The van der Waals surface area contributed by atoms with Crippen LogP contribution < -0.4 is 0 Å². The molecule has 0 radical (unpaired) electrons. The first-order chi connectivity index (χ1) is 9.56. The van der Waals surface area contributed by atoms with E-state index in [1.54, 1.807) is 18.7 Å². The number of carbonyl (C=O) groups excluding carboxylic acids is 1. The van der Waals surface area contributed by atoms with E-state index in [0.717, 1.165) is 23.9 Å². The third-order valence-electron chi connectivity index (χ3n) is 3.87. The molecule has 4 heteroatoms. The first-order valence-electron chi connectivity index (χ1n) is 7.07. The van der Waals surface area contributed by atoms with Crippen LogP contribution in [0.15, 0.2) is 24.3 Å². The Morgan fingerprint density at radius 2 is 2.10 bits per heavy atom. The highest BCUT2D eigenvalue weighted by Crippen LogP contribution is 2.35. The lowest BCUT2D eigenvalue weighted by molar-refractivity contribution is -0.114. The van der Waals surface area contributed by atoms with E-state index in [4.69, 9.17) is 11.6 Å². The summed E-state index contributed by atoms with van der Waals surface area (Å²) in [6, 6.07) is 8.27. The molecule has 0 N–H and O–H groups in total. The van der Waals surface area contributed by atoms with Crippen molar-refractivity contribution in [3.8, 4) is 0 Å². The number of ketones is 1. The Morgan fingerprint density at radius 1 is 1.40 bits per heavy atom. The number of piperidine rings is 1. The second-order valence-corrected chi connectivity index (χ2v) is 7.15. The van der Waals surface area contributed by atoms with E-state index in [9.17, 15) is 4.79 Å². The molecule has 1 fully saturated rings. The number of rotatable bonds is 5. The van der Waals surface area contributed by atoms with Crippen LogP contribution in [0, 0.1) is 5.92 Å². The SMILES string of the molecule is CC(=O)CSC[C@@H]1CN(C)CC[C@@H]1c1ccc(Cl)cc1. The number of halogens is 1. The molecule has 1 aliphatic rings. The lowest BCUT2D eigenvalue weighted by Crippen LogP contribution is -2.38. The molecule has 1 aliphatic heterocycles. The van der Waals surface area contributed by atoms with E-state index in [2.05, 4.69) is 24.1 Å². The first kappa shape index (κ1) is 15.9. The van der Waals surface area contributed by atoms with Crippen molar-refractivity contribution in [1.29, 1.82) is 0 Å². The van der Waals surface area contributed by atoms with E-state index >= 15 is 0 Å². The highest BCUT2D eigenvalue weighted by molar-refractivity contribution is 7.99. The fraction of sp³-hybridized carbons (Fsp3) is 0.562. The van der Waals surface area contributed by atoms with Gasteiger partial charge in [0.25, 0.3) is 0 Å². The summed E-state index contributed by atoms with van der Waals surface area (Å²) in [5, 5.41) is 0.796. The van der Waals surface area contributed by atoms with Gasteiger partial charge >= 0.3 is 0 Å². The van der Waals surface area contributed by atoms with E-state index in [1.165, 1.54) is 12.0 Å². The van der Waals surface area contributed by atoms with Gasteiger partial charge in [0.2, 0.25) is 0 Å². The molecule has 0 aromatic heterocycles. The van der Waals surface area contributed by atoms with Crippen molar-refractivity contribution < 1.29 is 4.79 Å². The van der Waals surface area contributed by atoms with Gasteiger partial charge in [-0.05, 0) is 62.2 Å². The number of carbonyl (C=O) groups is 1. The van der Waals surface area contributed by atoms with Gasteiger partial charge in [0.1, 0.15) is 5.78 Å². The minimum absolute atomic E-state index is 0.266. The Balaban J connectivity index is 2.03. The molecular formula is C16H22ClNOS. The maximum Gasteiger partial charge on any atom is 0.139 e. The normalized spacial score (nSPS) is 23.8. The molecule has 110 valence electrons. The van der Waals surface area contributed by atoms with Gasteiger partial charge in [0, 0.05) is 11.6 Å². The minimum atomic E-state index is 0.266. The van der Waals surface area contributed by atoms with E-state index in [-0.39, 0.29) is 5.78 Å². The lowest BCUT2D eigenvalue weighted by Gasteiger charge is -2.37. The number of likely N-dealkylation sites (tertiary alicyclic amines) is 1. The van der Waals surface area contributed by atoms with Crippen molar-refractivity contribution in [2.45, 2.75) is 19.3 Å². The molecule has 0 bridgehead atoms. The zero-order chi connectivity index (χ0) is 14.5. The Hall–Kier alpha value is -0.510. The summed E-state index contributed by atoms with van der Waals surface area (Å²) in [6.07, 6.45) is 1.18. The van der Waals surface area contributed by atoms with Gasteiger partial charge in [-0.3, -0.25) is 4.79 Å². The van der Waals surface area contributed by atoms with Crippen LogP contribution >= 0.6 is 23.4 Å². The fourth-order valence-electron chi connectivity index (χ4n) is 2.89. The van der Waals surface area contributed by atoms with Crippen LogP contribution in [-0.4, -0.2) is 42.3 Å². The van der Waals surface area contributed by atoms with Crippen molar-refractivity contribution >= 4 is 29.1 Å². The van der Waals surface area contributed by atoms with Crippen LogP contribution in [-0.2, 0) is 4.79 Å². The number of thioether (sulfide) groups is 1. The van der Waals surface area contributed by atoms with Crippen LogP contribution in [0.5, 0.6) is 0 Å². The van der Waals surface area contributed by atoms with Gasteiger partial charge in [-0.1, -0.05) is 23.7 Å². The number of nitrogens with zero attached hydrogens (tertiary/aromatic N) is 1. The average molecular weight is 312 g/mol. The van der Waals surface area contributed by atoms with Crippen molar-refractivity contribution in [3.63, 3.8) is 0 Å². The highest BCUT2D eigenvalue weighted by atomic mass is 35.5. The summed E-state index contributed by atoms with van der Waals surface area (Å²) < 4.78 is 0. The molecule has 1 aromatic rings. The number of Topliss-reactive ketones (excluding diaryl/α,β-unsaturated/α-hetero) is 1. The van der Waals surface area contributed by atoms with Crippen LogP contribution in [0.4, 0.5) is 0 Å². The third kappa shape index (κ3) is 4.51. The average Bonchev–Trinajstić information content (AvgIpc) is 2.40. The summed E-state index contributed by atoms with van der Waals surface area (Å²) in [7, 11) is 2.18. The zero-order valence-electron chi connectivity index (χ0n) is 12.1. The molecule has 0 unspecified atom stereocenters. The number of benzene rings is 1. The number of hydrogen-bond donors (Lipinski definition) is 0. The van der Waals surface area contributed by atoms with Crippen LogP contribution in [0.2, 0.25) is 5.02 Å². The Morgan fingerprint density at radius 3 is 2.75 bits per heavy atom. The standard InChI is InChI=1S/C16H22ClNOS/c1-12(19)10-20-11-14-9-18(2)8-7-16(14)13-3-5-15(17)6-4-13/h3-6,14,16H,7-11H2,1-2H3/t14-,16+/m0/s1. The van der Waals surface area contributed by atoms with Gasteiger partial charge < -0.3 is 4.90 Å². The molecule has 1 heterocycles. The van der Waals surface area contributed by atoms with Gasteiger partial charge in [-0.15, -0.1) is 0 Å². The molecule has 1 saturated heterocycles. The molecule has 0 amide bonds. The monoisotopic (exact) mass is 311 g/mol. The molecule has 2 atom stereocenters. The largest absolute Gasteiger partial charge is 0.306 e. The van der Waals surface area contributed by atoms with Crippen molar-refractivity contribution in [2.75, 3.05) is 31.6 Å². The predicted octanol–water partition coefficient (Wildman–Crippen LogP) is 3.70. The maximum atomic E-state index is 11.1. The molecular weight excluding hydrogens is 290 g/mol. The summed E-state index contributed by atoms with van der Waals surface area (Å²) in [5.74, 6) is 3.15. The molecule has 0 aliphatic carbocycles. The third-order valence-corrected chi connectivity index (χ3v) is 5.40. The van der Waals surface area contributed by atoms with Crippen LogP contribution in [0.3, 0.4) is 0 Å². The molecule has 0 saturated carbocycles. The first-order valence-corrected chi connectivity index (χ1v) is 8.60. The fourth-order valence-corrected chi connectivity index (χ4v) is 4.06. The zero-order valence-corrected chi connectivity index (χ0v) is 13.7. The Labute approximate surface area is 130 Å². The smallest absolute Gasteiger partial charge is 0.139 e. The Bertz CT molecular complexity index is 448.